The molecule has 0 bridgehead atoms. The zero-order chi connectivity index (χ0) is 14.1. The summed E-state index contributed by atoms with van der Waals surface area (Å²) in [6.07, 6.45) is 0. The van der Waals surface area contributed by atoms with E-state index in [0.29, 0.717) is 0 Å². The summed E-state index contributed by atoms with van der Waals surface area (Å²) in [4.78, 5) is 0. The van der Waals surface area contributed by atoms with Crippen LogP contribution in [0.2, 0.25) is 0 Å². The van der Waals surface area contributed by atoms with Gasteiger partial charge in [-0.2, -0.15) is 0 Å². The zero-order valence-corrected chi connectivity index (χ0v) is 12.3. The van der Waals surface area contributed by atoms with Crippen molar-refractivity contribution in [1.29, 1.82) is 0 Å². The van der Waals surface area contributed by atoms with Crippen molar-refractivity contribution < 1.29 is 5.11 Å². The summed E-state index contributed by atoms with van der Waals surface area (Å²) in [7, 11) is 0. The molecule has 0 aliphatic carbocycles. The summed E-state index contributed by atoms with van der Waals surface area (Å²) in [5.41, 5.74) is 8.00. The molecule has 0 amide bonds. The Hall–Kier alpha value is -1.84. The van der Waals surface area contributed by atoms with Crippen LogP contribution < -0.4 is 5.73 Å². The standard InChI is InChI=1S/C17H14BrNO/c18-13-6-3-5-12(10-13)16(19)15-9-8-11-4-1-2-7-14(11)17(15)20/h1-10,16,20H,19H2/t16-/m0/s1. The van der Waals surface area contributed by atoms with Crippen LogP contribution >= 0.6 is 15.9 Å². The smallest absolute Gasteiger partial charge is 0.128 e. The summed E-state index contributed by atoms with van der Waals surface area (Å²) in [6.45, 7) is 0. The Morgan fingerprint density at radius 3 is 2.55 bits per heavy atom. The van der Waals surface area contributed by atoms with Crippen molar-refractivity contribution in [1.82, 2.24) is 0 Å². The van der Waals surface area contributed by atoms with Crippen LogP contribution in [0.1, 0.15) is 17.2 Å². The third-order valence-electron chi connectivity index (χ3n) is 3.47. The van der Waals surface area contributed by atoms with Crippen LogP contribution in [0.3, 0.4) is 0 Å². The quantitative estimate of drug-likeness (QED) is 0.734. The number of hydrogen-bond acceptors (Lipinski definition) is 2. The van der Waals surface area contributed by atoms with E-state index in [4.69, 9.17) is 5.73 Å². The van der Waals surface area contributed by atoms with Gasteiger partial charge in [-0.05, 0) is 23.1 Å². The maximum absolute atomic E-state index is 10.5. The number of rotatable bonds is 2. The van der Waals surface area contributed by atoms with Gasteiger partial charge in [-0.3, -0.25) is 0 Å². The first-order valence-corrected chi connectivity index (χ1v) is 7.18. The minimum absolute atomic E-state index is 0.260. The van der Waals surface area contributed by atoms with E-state index in [0.717, 1.165) is 26.4 Å². The molecule has 0 fully saturated rings. The highest BCUT2D eigenvalue weighted by Crippen LogP contribution is 2.34. The Morgan fingerprint density at radius 2 is 1.75 bits per heavy atom. The maximum atomic E-state index is 10.5. The Kier molecular flexibility index (Phi) is 3.47. The lowest BCUT2D eigenvalue weighted by atomic mass is 9.96. The van der Waals surface area contributed by atoms with Gasteiger partial charge in [-0.15, -0.1) is 0 Å². The molecule has 0 saturated heterocycles. The van der Waals surface area contributed by atoms with Gasteiger partial charge in [-0.1, -0.05) is 64.5 Å². The Balaban J connectivity index is 2.12. The van der Waals surface area contributed by atoms with Gasteiger partial charge in [-0.25, -0.2) is 0 Å². The summed E-state index contributed by atoms with van der Waals surface area (Å²) in [5.74, 6) is 0.260. The summed E-state index contributed by atoms with van der Waals surface area (Å²) >= 11 is 3.44. The molecule has 0 aliphatic rings. The molecule has 0 aliphatic heterocycles. The zero-order valence-electron chi connectivity index (χ0n) is 10.8. The third kappa shape index (κ3) is 2.30. The Labute approximate surface area is 126 Å². The Bertz CT molecular complexity index is 770. The summed E-state index contributed by atoms with van der Waals surface area (Å²) in [5, 5.41) is 12.3. The third-order valence-corrected chi connectivity index (χ3v) is 3.97. The van der Waals surface area contributed by atoms with Crippen LogP contribution in [0.25, 0.3) is 10.8 Å². The van der Waals surface area contributed by atoms with E-state index >= 15 is 0 Å². The van der Waals surface area contributed by atoms with Gasteiger partial charge in [0.15, 0.2) is 0 Å². The molecule has 0 aromatic heterocycles. The average Bonchev–Trinajstić information content (AvgIpc) is 2.47. The van der Waals surface area contributed by atoms with Crippen molar-refractivity contribution in [3.63, 3.8) is 0 Å². The maximum Gasteiger partial charge on any atom is 0.128 e. The fraction of sp³-hybridized carbons (Fsp3) is 0.0588. The molecular weight excluding hydrogens is 314 g/mol. The highest BCUT2D eigenvalue weighted by Gasteiger charge is 2.15. The molecule has 3 aromatic carbocycles. The molecule has 0 unspecified atom stereocenters. The lowest BCUT2D eigenvalue weighted by Gasteiger charge is -2.16. The lowest BCUT2D eigenvalue weighted by Crippen LogP contribution is -2.12. The van der Waals surface area contributed by atoms with E-state index in [1.807, 2.05) is 60.7 Å². The molecule has 0 radical (unpaired) electrons. The summed E-state index contributed by atoms with van der Waals surface area (Å²) < 4.78 is 0.978. The lowest BCUT2D eigenvalue weighted by molar-refractivity contribution is 0.472. The first-order valence-electron chi connectivity index (χ1n) is 6.38. The predicted octanol–water partition coefficient (Wildman–Crippen LogP) is 4.36. The molecule has 0 heterocycles. The minimum atomic E-state index is -0.350. The average molecular weight is 328 g/mol. The van der Waals surface area contributed by atoms with Crippen molar-refractivity contribution in [2.45, 2.75) is 6.04 Å². The number of fused-ring (bicyclic) bond motifs is 1. The topological polar surface area (TPSA) is 46.2 Å². The largest absolute Gasteiger partial charge is 0.507 e. The van der Waals surface area contributed by atoms with E-state index in [9.17, 15) is 5.11 Å². The van der Waals surface area contributed by atoms with Crippen LogP contribution in [0, 0.1) is 0 Å². The van der Waals surface area contributed by atoms with E-state index in [-0.39, 0.29) is 11.8 Å². The van der Waals surface area contributed by atoms with Crippen LogP contribution in [-0.4, -0.2) is 5.11 Å². The number of aromatic hydroxyl groups is 1. The Morgan fingerprint density at radius 1 is 0.950 bits per heavy atom. The van der Waals surface area contributed by atoms with Crippen LogP contribution in [0.4, 0.5) is 0 Å². The van der Waals surface area contributed by atoms with Crippen LogP contribution in [-0.2, 0) is 0 Å². The van der Waals surface area contributed by atoms with Crippen molar-refractivity contribution in [3.05, 3.63) is 76.3 Å². The van der Waals surface area contributed by atoms with E-state index < -0.39 is 0 Å². The second-order valence-electron chi connectivity index (χ2n) is 4.76. The van der Waals surface area contributed by atoms with Gasteiger partial charge in [0.25, 0.3) is 0 Å². The van der Waals surface area contributed by atoms with Crippen molar-refractivity contribution >= 4 is 26.7 Å². The van der Waals surface area contributed by atoms with E-state index in [1.54, 1.807) is 0 Å². The minimum Gasteiger partial charge on any atom is -0.507 e. The van der Waals surface area contributed by atoms with Gasteiger partial charge >= 0.3 is 0 Å². The van der Waals surface area contributed by atoms with Gasteiger partial charge in [0, 0.05) is 15.4 Å². The number of halogens is 1. The fourth-order valence-electron chi connectivity index (χ4n) is 2.40. The predicted molar refractivity (Wildman–Crippen MR) is 85.8 cm³/mol. The molecule has 1 atom stereocenters. The SMILES string of the molecule is N[C@@H](c1cccc(Br)c1)c1ccc2ccccc2c1O. The monoisotopic (exact) mass is 327 g/mol. The molecule has 20 heavy (non-hydrogen) atoms. The molecule has 0 spiro atoms. The van der Waals surface area contributed by atoms with Crippen molar-refractivity contribution in [3.8, 4) is 5.75 Å². The molecule has 3 heteroatoms. The molecule has 0 saturated carbocycles. The first kappa shape index (κ1) is 13.2. The number of phenols is 1. The van der Waals surface area contributed by atoms with Crippen molar-refractivity contribution in [2.75, 3.05) is 0 Å². The molecule has 100 valence electrons. The second-order valence-corrected chi connectivity index (χ2v) is 5.67. The molecule has 2 nitrogen and oxygen atoms in total. The molecular formula is C17H14BrNO. The normalized spacial score (nSPS) is 12.5. The molecule has 3 N–H and O–H groups in total. The molecule has 3 rings (SSSR count). The second kappa shape index (κ2) is 5.27. The number of benzene rings is 3. The van der Waals surface area contributed by atoms with Gasteiger partial charge < -0.3 is 10.8 Å². The fourth-order valence-corrected chi connectivity index (χ4v) is 2.82. The highest BCUT2D eigenvalue weighted by molar-refractivity contribution is 9.10. The number of phenolic OH excluding ortho intramolecular Hbond substituents is 1. The van der Waals surface area contributed by atoms with E-state index in [2.05, 4.69) is 15.9 Å². The number of hydrogen-bond donors (Lipinski definition) is 2. The van der Waals surface area contributed by atoms with Crippen molar-refractivity contribution in [2.24, 2.45) is 5.73 Å². The number of nitrogens with two attached hydrogens (primary N) is 1. The highest BCUT2D eigenvalue weighted by atomic mass is 79.9. The van der Waals surface area contributed by atoms with Crippen LogP contribution in [0.15, 0.2) is 65.1 Å². The summed E-state index contributed by atoms with van der Waals surface area (Å²) in [6, 6.07) is 19.1. The van der Waals surface area contributed by atoms with Crippen LogP contribution in [0.5, 0.6) is 5.75 Å². The molecule has 3 aromatic rings. The van der Waals surface area contributed by atoms with Gasteiger partial charge in [0.05, 0.1) is 6.04 Å². The van der Waals surface area contributed by atoms with Gasteiger partial charge in [0.2, 0.25) is 0 Å². The van der Waals surface area contributed by atoms with E-state index in [1.165, 1.54) is 0 Å². The van der Waals surface area contributed by atoms with Gasteiger partial charge in [0.1, 0.15) is 5.75 Å². The first-order chi connectivity index (χ1) is 9.66.